The van der Waals surface area contributed by atoms with Crippen LogP contribution in [0.5, 0.6) is 5.75 Å². The minimum Gasteiger partial charge on any atom is -0.484 e. The first kappa shape index (κ1) is 39.4. The van der Waals surface area contributed by atoms with Crippen molar-refractivity contribution in [2.75, 3.05) is 18.1 Å². The molecular weight excluding hydrogens is 711 g/mol. The summed E-state index contributed by atoms with van der Waals surface area (Å²) in [6.45, 7) is 1.48. The molecule has 2 unspecified atom stereocenters. The Labute approximate surface area is 326 Å². The standard InChI is InChI=1S/C44H47N5O7/c1-31(50)46-26-24-44(22-8-9-23-44)43(55)47-37(42(53)54)27-33-16-19-35(20-17-33)48-39(21-18-32-11-4-2-5-12-32)49(40(51)30-56-36-14-6-3-7-15-36)38(41(48)52)28-34-13-10-25-45-29-34/h2-7,10-17,19-20,25,27,29,38-39H,8-9,18,21-24,26,28,30H2,1H3,(H,46,50)(H,47,55)(H,53,54). The maximum absolute atomic E-state index is 14.6. The second kappa shape index (κ2) is 18.4. The normalized spacial score (nSPS) is 17.7. The molecule has 1 aliphatic carbocycles. The molecule has 6 rings (SSSR count). The molecular formula is C44H47N5O7. The van der Waals surface area contributed by atoms with Crippen LogP contribution in [0.1, 0.15) is 62.1 Å². The van der Waals surface area contributed by atoms with Crippen molar-refractivity contribution >= 4 is 41.4 Å². The van der Waals surface area contributed by atoms with E-state index in [1.54, 1.807) is 64.7 Å². The molecule has 2 aliphatic rings. The van der Waals surface area contributed by atoms with Gasteiger partial charge in [0.1, 0.15) is 23.7 Å². The van der Waals surface area contributed by atoms with Gasteiger partial charge in [0.2, 0.25) is 11.8 Å². The molecule has 4 amide bonds. The third-order valence-electron chi connectivity index (χ3n) is 10.5. The number of hydrogen-bond donors (Lipinski definition) is 3. The van der Waals surface area contributed by atoms with Crippen LogP contribution in [0, 0.1) is 5.41 Å². The van der Waals surface area contributed by atoms with E-state index in [4.69, 9.17) is 4.74 Å². The van der Waals surface area contributed by atoms with Crippen LogP contribution in [0.25, 0.3) is 6.08 Å². The van der Waals surface area contributed by atoms with Crippen molar-refractivity contribution in [3.05, 3.63) is 132 Å². The predicted molar refractivity (Wildman–Crippen MR) is 211 cm³/mol. The van der Waals surface area contributed by atoms with Gasteiger partial charge in [0.25, 0.3) is 11.8 Å². The lowest BCUT2D eigenvalue weighted by Gasteiger charge is -2.31. The van der Waals surface area contributed by atoms with Crippen LogP contribution >= 0.6 is 0 Å². The monoisotopic (exact) mass is 757 g/mol. The molecule has 0 radical (unpaired) electrons. The molecule has 56 heavy (non-hydrogen) atoms. The number of hydrogen-bond acceptors (Lipinski definition) is 7. The van der Waals surface area contributed by atoms with E-state index in [1.165, 1.54) is 13.0 Å². The third kappa shape index (κ3) is 9.67. The zero-order valence-electron chi connectivity index (χ0n) is 31.4. The van der Waals surface area contributed by atoms with Gasteiger partial charge in [0.05, 0.1) is 5.41 Å². The van der Waals surface area contributed by atoms with Crippen molar-refractivity contribution in [1.82, 2.24) is 20.5 Å². The fourth-order valence-corrected chi connectivity index (χ4v) is 7.69. The number of aromatic nitrogens is 1. The number of carbonyl (C=O) groups excluding carboxylic acids is 4. The van der Waals surface area contributed by atoms with E-state index in [0.717, 1.165) is 24.0 Å². The molecule has 3 aromatic carbocycles. The van der Waals surface area contributed by atoms with Crippen LogP contribution in [-0.2, 0) is 36.8 Å². The Kier molecular flexibility index (Phi) is 12.9. The fraction of sp³-hybridized carbons (Fsp3) is 0.318. The molecule has 12 nitrogen and oxygen atoms in total. The molecule has 12 heteroatoms. The van der Waals surface area contributed by atoms with Gasteiger partial charge in [-0.05, 0) is 85.2 Å². The molecule has 1 saturated heterocycles. The lowest BCUT2D eigenvalue weighted by atomic mass is 9.81. The smallest absolute Gasteiger partial charge is 0.352 e. The molecule has 1 aliphatic heterocycles. The number of ether oxygens (including phenoxy) is 1. The zero-order valence-corrected chi connectivity index (χ0v) is 31.4. The van der Waals surface area contributed by atoms with Crippen molar-refractivity contribution in [2.24, 2.45) is 5.41 Å². The van der Waals surface area contributed by atoms with Crippen LogP contribution in [0.15, 0.2) is 115 Å². The van der Waals surface area contributed by atoms with Crippen molar-refractivity contribution < 1.29 is 33.8 Å². The number of anilines is 1. The summed E-state index contributed by atoms with van der Waals surface area (Å²) in [5.74, 6) is -1.92. The topological polar surface area (TPSA) is 158 Å². The van der Waals surface area contributed by atoms with Crippen LogP contribution in [0.3, 0.4) is 0 Å². The van der Waals surface area contributed by atoms with Gasteiger partial charge < -0.3 is 25.4 Å². The molecule has 0 bridgehead atoms. The zero-order chi connectivity index (χ0) is 39.5. The summed E-state index contributed by atoms with van der Waals surface area (Å²) in [5, 5.41) is 15.5. The average Bonchev–Trinajstić information content (AvgIpc) is 3.80. The van der Waals surface area contributed by atoms with E-state index in [9.17, 15) is 29.1 Å². The van der Waals surface area contributed by atoms with Gasteiger partial charge in [-0.25, -0.2) is 4.79 Å². The lowest BCUT2D eigenvalue weighted by molar-refractivity contribution is -0.138. The number of rotatable bonds is 16. The first-order valence-corrected chi connectivity index (χ1v) is 19.0. The first-order valence-electron chi connectivity index (χ1n) is 19.0. The summed E-state index contributed by atoms with van der Waals surface area (Å²) in [5.41, 5.74) is 1.83. The molecule has 1 aromatic heterocycles. The number of aliphatic carboxylic acids is 1. The van der Waals surface area contributed by atoms with Crippen molar-refractivity contribution in [3.63, 3.8) is 0 Å². The quantitative estimate of drug-likeness (QED) is 0.126. The van der Waals surface area contributed by atoms with Gasteiger partial charge in [-0.3, -0.25) is 29.1 Å². The van der Waals surface area contributed by atoms with E-state index in [1.807, 2.05) is 54.6 Å². The number of pyridine rings is 1. The molecule has 2 fully saturated rings. The third-order valence-corrected chi connectivity index (χ3v) is 10.5. The number of nitrogens with zero attached hydrogens (tertiary/aromatic N) is 3. The minimum absolute atomic E-state index is 0.188. The average molecular weight is 758 g/mol. The predicted octanol–water partition coefficient (Wildman–Crippen LogP) is 5.53. The Balaban J connectivity index is 1.29. The van der Waals surface area contributed by atoms with Gasteiger partial charge >= 0.3 is 5.97 Å². The molecule has 3 N–H and O–H groups in total. The summed E-state index contributed by atoms with van der Waals surface area (Å²) in [7, 11) is 0. The van der Waals surface area contributed by atoms with E-state index in [-0.39, 0.29) is 42.4 Å². The van der Waals surface area contributed by atoms with E-state index in [0.29, 0.717) is 55.6 Å². The highest BCUT2D eigenvalue weighted by atomic mass is 16.5. The van der Waals surface area contributed by atoms with Crippen molar-refractivity contribution in [2.45, 2.75) is 70.5 Å². The molecule has 0 spiro atoms. The Morgan fingerprint density at radius 3 is 2.23 bits per heavy atom. The second-order valence-corrected chi connectivity index (χ2v) is 14.3. The number of benzene rings is 3. The highest BCUT2D eigenvalue weighted by Gasteiger charge is 2.49. The number of nitrogens with one attached hydrogen (secondary N) is 2. The summed E-state index contributed by atoms with van der Waals surface area (Å²) < 4.78 is 5.90. The van der Waals surface area contributed by atoms with Gasteiger partial charge in [-0.15, -0.1) is 0 Å². The molecule has 290 valence electrons. The lowest BCUT2D eigenvalue weighted by Crippen LogP contribution is -2.47. The number of carbonyl (C=O) groups is 5. The van der Waals surface area contributed by atoms with Gasteiger partial charge in [-0.2, -0.15) is 0 Å². The molecule has 2 atom stereocenters. The highest BCUT2D eigenvalue weighted by Crippen LogP contribution is 2.41. The largest absolute Gasteiger partial charge is 0.484 e. The Bertz CT molecular complexity index is 2020. The summed E-state index contributed by atoms with van der Waals surface area (Å²) in [6.07, 6.45) is 8.66. The number of amides is 4. The highest BCUT2D eigenvalue weighted by molar-refractivity contribution is 6.04. The molecule has 4 aromatic rings. The van der Waals surface area contributed by atoms with Crippen LogP contribution < -0.4 is 20.3 Å². The summed E-state index contributed by atoms with van der Waals surface area (Å²) >= 11 is 0. The maximum Gasteiger partial charge on any atom is 0.352 e. The number of carboxylic acids is 1. The van der Waals surface area contributed by atoms with Crippen LogP contribution in [0.4, 0.5) is 5.69 Å². The van der Waals surface area contributed by atoms with Gasteiger partial charge in [0, 0.05) is 38.0 Å². The summed E-state index contributed by atoms with van der Waals surface area (Å²) in [6, 6.07) is 28.6. The SMILES string of the molecule is CC(=O)NCCC1(C(=O)NC(=Cc2ccc(N3C(=O)C(Cc4cccnc4)N(C(=O)COc4ccccc4)C3CCc3ccccc3)cc2)C(=O)O)CCCC1. The fourth-order valence-electron chi connectivity index (χ4n) is 7.69. The number of carboxylic acid groups (broad SMARTS) is 1. The molecule has 1 saturated carbocycles. The van der Waals surface area contributed by atoms with E-state index < -0.39 is 23.6 Å². The second-order valence-electron chi connectivity index (χ2n) is 14.3. The van der Waals surface area contributed by atoms with Gasteiger partial charge in [-0.1, -0.05) is 79.6 Å². The number of aryl methyl sites for hydroxylation is 1. The first-order chi connectivity index (χ1) is 27.1. The van der Waals surface area contributed by atoms with Crippen LogP contribution in [0.2, 0.25) is 0 Å². The molecule has 2 heterocycles. The Morgan fingerprint density at radius 2 is 1.59 bits per heavy atom. The Morgan fingerprint density at radius 1 is 0.911 bits per heavy atom. The maximum atomic E-state index is 14.6. The minimum atomic E-state index is -1.29. The van der Waals surface area contributed by atoms with Crippen LogP contribution in [-0.4, -0.2) is 69.9 Å². The van der Waals surface area contributed by atoms with Crippen molar-refractivity contribution in [3.8, 4) is 5.75 Å². The van der Waals surface area contributed by atoms with E-state index >= 15 is 0 Å². The Hall–Kier alpha value is -6.30. The summed E-state index contributed by atoms with van der Waals surface area (Å²) in [4.78, 5) is 73.7. The van der Waals surface area contributed by atoms with E-state index in [2.05, 4.69) is 15.6 Å². The van der Waals surface area contributed by atoms with Gasteiger partial charge in [0.15, 0.2) is 6.61 Å². The number of para-hydroxylation sites is 1. The van der Waals surface area contributed by atoms with Crippen molar-refractivity contribution in [1.29, 1.82) is 0 Å².